The minimum absolute atomic E-state index is 0.277. The summed E-state index contributed by atoms with van der Waals surface area (Å²) in [7, 11) is 0. The van der Waals surface area contributed by atoms with Gasteiger partial charge in [0.2, 0.25) is 0 Å². The van der Waals surface area contributed by atoms with Gasteiger partial charge >= 0.3 is 5.97 Å². The van der Waals surface area contributed by atoms with Crippen molar-refractivity contribution in [3.8, 4) is 5.75 Å². The Morgan fingerprint density at radius 2 is 1.71 bits per heavy atom. The smallest absolute Gasteiger partial charge is 0.335 e. The maximum Gasteiger partial charge on any atom is 0.335 e. The Morgan fingerprint density at radius 1 is 1.05 bits per heavy atom. The van der Waals surface area contributed by atoms with Crippen molar-refractivity contribution in [3.05, 3.63) is 29.8 Å². The molecule has 0 saturated heterocycles. The van der Waals surface area contributed by atoms with Gasteiger partial charge in [0, 0.05) is 6.42 Å². The maximum atomic E-state index is 10.7. The van der Waals surface area contributed by atoms with E-state index in [1.54, 1.807) is 24.3 Å². The Morgan fingerprint density at radius 3 is 2.33 bits per heavy atom. The van der Waals surface area contributed by atoms with Crippen molar-refractivity contribution in [2.45, 2.75) is 51.0 Å². The lowest BCUT2D eigenvalue weighted by atomic mass is 10.1. The average Bonchev–Trinajstić information content (AvgIpc) is 2.76. The zero-order chi connectivity index (χ0) is 14.9. The second-order valence-electron chi connectivity index (χ2n) is 5.52. The summed E-state index contributed by atoms with van der Waals surface area (Å²) in [5.41, 5.74) is 0.277. The van der Waals surface area contributed by atoms with Crippen LogP contribution in [0, 0.1) is 0 Å². The van der Waals surface area contributed by atoms with Gasteiger partial charge in [-0.3, -0.25) is 0 Å². The Balaban J connectivity index is 1.59. The van der Waals surface area contributed by atoms with E-state index < -0.39 is 5.97 Å². The van der Waals surface area contributed by atoms with E-state index in [1.807, 2.05) is 0 Å². The Hall–Kier alpha value is -1.55. The number of carbonyl (C=O) groups is 1. The quantitative estimate of drug-likeness (QED) is 0.612. The molecule has 2 rings (SSSR count). The van der Waals surface area contributed by atoms with Crippen LogP contribution in [0.5, 0.6) is 5.75 Å². The highest BCUT2D eigenvalue weighted by Gasteiger charge is 2.11. The number of carboxylic acids is 1. The van der Waals surface area contributed by atoms with Gasteiger partial charge < -0.3 is 14.6 Å². The molecule has 1 aromatic rings. The highest BCUT2D eigenvalue weighted by molar-refractivity contribution is 5.87. The van der Waals surface area contributed by atoms with Crippen LogP contribution in [0.15, 0.2) is 24.3 Å². The van der Waals surface area contributed by atoms with Crippen LogP contribution in [0.3, 0.4) is 0 Å². The van der Waals surface area contributed by atoms with E-state index in [4.69, 9.17) is 14.6 Å². The summed E-state index contributed by atoms with van der Waals surface area (Å²) in [5, 5.41) is 8.81. The molecule has 116 valence electrons. The molecule has 0 bridgehead atoms. The largest absolute Gasteiger partial charge is 0.494 e. The summed E-state index contributed by atoms with van der Waals surface area (Å²) in [4.78, 5) is 10.7. The van der Waals surface area contributed by atoms with Crippen LogP contribution in [-0.2, 0) is 4.74 Å². The molecule has 1 N–H and O–H groups in total. The van der Waals surface area contributed by atoms with Crippen LogP contribution in [0.25, 0.3) is 0 Å². The second-order valence-corrected chi connectivity index (χ2v) is 5.52. The molecule has 0 unspecified atom stereocenters. The molecule has 0 aliphatic heterocycles. The number of benzene rings is 1. The van der Waals surface area contributed by atoms with E-state index >= 15 is 0 Å². The summed E-state index contributed by atoms with van der Waals surface area (Å²) < 4.78 is 11.5. The molecule has 0 radical (unpaired) electrons. The predicted octanol–water partition coefficient (Wildman–Crippen LogP) is 3.89. The first-order valence-electron chi connectivity index (χ1n) is 7.83. The third-order valence-corrected chi connectivity index (χ3v) is 3.81. The standard InChI is InChI=1S/C17H24O4/c18-17(19)14-8-10-16(11-9-14)21-13-5-12-20-15-6-3-1-2-4-7-15/h8-11,15H,1-7,12-13H2,(H,18,19). The van der Waals surface area contributed by atoms with Crippen molar-refractivity contribution in [2.75, 3.05) is 13.2 Å². The fourth-order valence-electron chi connectivity index (χ4n) is 2.60. The molecule has 1 aliphatic carbocycles. The maximum absolute atomic E-state index is 10.7. The van der Waals surface area contributed by atoms with E-state index in [9.17, 15) is 4.79 Å². The number of ether oxygens (including phenoxy) is 2. The lowest BCUT2D eigenvalue weighted by molar-refractivity contribution is 0.0364. The molecular weight excluding hydrogens is 268 g/mol. The molecule has 4 heteroatoms. The first-order valence-corrected chi connectivity index (χ1v) is 7.83. The first kappa shape index (κ1) is 15.8. The molecular formula is C17H24O4. The van der Waals surface area contributed by atoms with Gasteiger partial charge in [-0.25, -0.2) is 4.79 Å². The van der Waals surface area contributed by atoms with Crippen LogP contribution in [0.2, 0.25) is 0 Å². The number of rotatable bonds is 7. The van der Waals surface area contributed by atoms with Crippen molar-refractivity contribution in [1.29, 1.82) is 0 Å². The van der Waals surface area contributed by atoms with Crippen LogP contribution in [0.4, 0.5) is 0 Å². The molecule has 1 saturated carbocycles. The topological polar surface area (TPSA) is 55.8 Å². The van der Waals surface area contributed by atoms with Crippen LogP contribution >= 0.6 is 0 Å². The molecule has 1 aliphatic rings. The van der Waals surface area contributed by atoms with E-state index in [-0.39, 0.29) is 5.56 Å². The monoisotopic (exact) mass is 292 g/mol. The van der Waals surface area contributed by atoms with Gasteiger partial charge in [0.15, 0.2) is 0 Å². The molecule has 4 nitrogen and oxygen atoms in total. The van der Waals surface area contributed by atoms with Crippen LogP contribution in [-0.4, -0.2) is 30.4 Å². The molecule has 0 amide bonds. The molecule has 0 atom stereocenters. The first-order chi connectivity index (χ1) is 10.3. The summed E-state index contributed by atoms with van der Waals surface area (Å²) in [6.45, 7) is 1.33. The van der Waals surface area contributed by atoms with Crippen molar-refractivity contribution >= 4 is 5.97 Å². The molecule has 1 aromatic carbocycles. The second kappa shape index (κ2) is 8.67. The lowest BCUT2D eigenvalue weighted by Gasteiger charge is -2.15. The summed E-state index contributed by atoms with van der Waals surface area (Å²) >= 11 is 0. The van der Waals surface area contributed by atoms with E-state index in [2.05, 4.69) is 0 Å². The minimum atomic E-state index is -0.918. The number of aromatic carboxylic acids is 1. The number of hydrogen-bond donors (Lipinski definition) is 1. The van der Waals surface area contributed by atoms with E-state index in [0.29, 0.717) is 18.5 Å². The van der Waals surface area contributed by atoms with E-state index in [1.165, 1.54) is 38.5 Å². The van der Waals surface area contributed by atoms with E-state index in [0.717, 1.165) is 13.0 Å². The van der Waals surface area contributed by atoms with Gasteiger partial charge in [-0.15, -0.1) is 0 Å². The summed E-state index contributed by atoms with van der Waals surface area (Å²) in [6.07, 6.45) is 8.94. The predicted molar refractivity (Wildman–Crippen MR) is 81.0 cm³/mol. The van der Waals surface area contributed by atoms with Gasteiger partial charge in [0.25, 0.3) is 0 Å². The Bertz CT molecular complexity index is 419. The highest BCUT2D eigenvalue weighted by atomic mass is 16.5. The number of carboxylic acid groups (broad SMARTS) is 1. The highest BCUT2D eigenvalue weighted by Crippen LogP contribution is 2.20. The normalized spacial score (nSPS) is 16.4. The van der Waals surface area contributed by atoms with Gasteiger partial charge in [-0.2, -0.15) is 0 Å². The SMILES string of the molecule is O=C(O)c1ccc(OCCCOC2CCCCCC2)cc1. The third-order valence-electron chi connectivity index (χ3n) is 3.81. The average molecular weight is 292 g/mol. The third kappa shape index (κ3) is 5.76. The minimum Gasteiger partial charge on any atom is -0.494 e. The van der Waals surface area contributed by atoms with Crippen molar-refractivity contribution in [2.24, 2.45) is 0 Å². The molecule has 21 heavy (non-hydrogen) atoms. The number of hydrogen-bond acceptors (Lipinski definition) is 3. The zero-order valence-corrected chi connectivity index (χ0v) is 12.4. The fraction of sp³-hybridized carbons (Fsp3) is 0.588. The van der Waals surface area contributed by atoms with Crippen LogP contribution < -0.4 is 4.74 Å². The van der Waals surface area contributed by atoms with Crippen molar-refractivity contribution in [1.82, 2.24) is 0 Å². The molecule has 0 spiro atoms. The summed E-state index contributed by atoms with van der Waals surface area (Å²) in [5.74, 6) is -0.215. The van der Waals surface area contributed by atoms with Crippen molar-refractivity contribution in [3.63, 3.8) is 0 Å². The van der Waals surface area contributed by atoms with Crippen LogP contribution in [0.1, 0.15) is 55.3 Å². The molecule has 0 aromatic heterocycles. The van der Waals surface area contributed by atoms with Gasteiger partial charge in [-0.05, 0) is 37.1 Å². The Kier molecular flexibility index (Phi) is 6.54. The van der Waals surface area contributed by atoms with Crippen molar-refractivity contribution < 1.29 is 19.4 Å². The van der Waals surface area contributed by atoms with Gasteiger partial charge in [-0.1, -0.05) is 25.7 Å². The van der Waals surface area contributed by atoms with Gasteiger partial charge in [0.1, 0.15) is 5.75 Å². The lowest BCUT2D eigenvalue weighted by Crippen LogP contribution is -2.14. The fourth-order valence-corrected chi connectivity index (χ4v) is 2.60. The molecule has 0 heterocycles. The summed E-state index contributed by atoms with van der Waals surface area (Å²) in [6, 6.07) is 6.49. The zero-order valence-electron chi connectivity index (χ0n) is 12.4. The molecule has 1 fully saturated rings. The Labute approximate surface area is 126 Å². The van der Waals surface area contributed by atoms with Gasteiger partial charge in [0.05, 0.1) is 24.9 Å².